The van der Waals surface area contributed by atoms with Crippen LogP contribution in [-0.2, 0) is 4.79 Å². The zero-order chi connectivity index (χ0) is 11.6. The highest BCUT2D eigenvalue weighted by Gasteiger charge is 2.38. The maximum absolute atomic E-state index is 11.8. The Morgan fingerprint density at radius 2 is 2.06 bits per heavy atom. The summed E-state index contributed by atoms with van der Waals surface area (Å²) in [5.41, 5.74) is -0.0223. The van der Waals surface area contributed by atoms with Gasteiger partial charge in [-0.25, -0.2) is 4.99 Å². The number of amides is 1. The number of thioether (sulfide) groups is 1. The van der Waals surface area contributed by atoms with E-state index in [1.54, 1.807) is 6.92 Å². The molecule has 84 valence electrons. The average Bonchev–Trinajstić information content (AvgIpc) is 2.56. The largest absolute Gasteiger partial charge is 0.354 e. The van der Waals surface area contributed by atoms with Crippen LogP contribution in [0.2, 0.25) is 0 Å². The minimum Gasteiger partial charge on any atom is -0.354 e. The summed E-state index contributed by atoms with van der Waals surface area (Å²) >= 11 is 1.43. The molecule has 4 nitrogen and oxygen atoms in total. The van der Waals surface area contributed by atoms with Crippen LogP contribution < -0.4 is 10.6 Å². The van der Waals surface area contributed by atoms with Gasteiger partial charge in [-0.05, 0) is 25.3 Å². The van der Waals surface area contributed by atoms with E-state index in [4.69, 9.17) is 0 Å². The third kappa shape index (κ3) is 2.04. The van der Waals surface area contributed by atoms with E-state index in [-0.39, 0.29) is 5.91 Å². The van der Waals surface area contributed by atoms with Crippen LogP contribution >= 0.6 is 11.8 Å². The molecular weight excluding hydrogens is 222 g/mol. The number of anilines is 1. The number of amidine groups is 1. The molecule has 1 aromatic rings. The van der Waals surface area contributed by atoms with Crippen LogP contribution in [0.4, 0.5) is 5.69 Å². The Hall–Kier alpha value is -1.49. The summed E-state index contributed by atoms with van der Waals surface area (Å²) in [6.45, 7) is 1.76. The standard InChI is InChI=1S/C11H13N3OS/c1-11(9(15)12-10(14-11)16-2)13-8-6-4-3-5-7-8/h3-7,13H,1-2H3,(H,12,14,15)/t11-/m1/s1. The number of aliphatic imine (C=N–C) groups is 1. The third-order valence-electron chi connectivity index (χ3n) is 2.34. The molecule has 16 heavy (non-hydrogen) atoms. The van der Waals surface area contributed by atoms with Gasteiger partial charge in [-0.1, -0.05) is 30.0 Å². The van der Waals surface area contributed by atoms with E-state index in [1.165, 1.54) is 11.8 Å². The summed E-state index contributed by atoms with van der Waals surface area (Å²) in [7, 11) is 0. The van der Waals surface area contributed by atoms with Gasteiger partial charge in [0.05, 0.1) is 0 Å². The molecule has 0 bridgehead atoms. The minimum atomic E-state index is -0.903. The van der Waals surface area contributed by atoms with Crippen molar-refractivity contribution in [3.63, 3.8) is 0 Å². The van der Waals surface area contributed by atoms with Crippen molar-refractivity contribution in [1.82, 2.24) is 5.32 Å². The van der Waals surface area contributed by atoms with Gasteiger partial charge in [0.1, 0.15) is 0 Å². The van der Waals surface area contributed by atoms with Crippen molar-refractivity contribution in [2.24, 2.45) is 4.99 Å². The molecular formula is C11H13N3OS. The lowest BCUT2D eigenvalue weighted by molar-refractivity contribution is -0.122. The minimum absolute atomic E-state index is 0.124. The molecule has 0 spiro atoms. The van der Waals surface area contributed by atoms with Crippen molar-refractivity contribution in [2.45, 2.75) is 12.6 Å². The molecule has 1 amide bonds. The number of nitrogens with one attached hydrogen (secondary N) is 2. The highest BCUT2D eigenvalue weighted by atomic mass is 32.2. The Labute approximate surface area is 98.5 Å². The van der Waals surface area contributed by atoms with E-state index in [0.717, 1.165) is 5.69 Å². The molecule has 1 aliphatic heterocycles. The zero-order valence-corrected chi connectivity index (χ0v) is 9.97. The smallest absolute Gasteiger partial charge is 0.274 e. The van der Waals surface area contributed by atoms with Crippen LogP contribution in [0.15, 0.2) is 35.3 Å². The molecule has 1 atom stereocenters. The molecule has 1 aliphatic rings. The second-order valence-corrected chi connectivity index (χ2v) is 4.43. The van der Waals surface area contributed by atoms with Gasteiger partial charge < -0.3 is 10.6 Å². The van der Waals surface area contributed by atoms with Crippen LogP contribution in [0.3, 0.4) is 0 Å². The Bertz CT molecular complexity index is 432. The van der Waals surface area contributed by atoms with Crippen molar-refractivity contribution < 1.29 is 4.79 Å². The number of hydrogen-bond acceptors (Lipinski definition) is 4. The molecule has 0 saturated heterocycles. The quantitative estimate of drug-likeness (QED) is 0.819. The molecule has 2 rings (SSSR count). The van der Waals surface area contributed by atoms with E-state index in [9.17, 15) is 4.79 Å². The number of benzene rings is 1. The zero-order valence-electron chi connectivity index (χ0n) is 9.15. The predicted octanol–water partition coefficient (Wildman–Crippen LogP) is 1.66. The number of carbonyl (C=O) groups excluding carboxylic acids is 1. The fourth-order valence-electron chi connectivity index (χ4n) is 1.48. The third-order valence-corrected chi connectivity index (χ3v) is 2.92. The van der Waals surface area contributed by atoms with E-state index < -0.39 is 5.66 Å². The number of hydrogen-bond donors (Lipinski definition) is 2. The lowest BCUT2D eigenvalue weighted by atomic mass is 10.2. The van der Waals surface area contributed by atoms with Crippen LogP contribution in [-0.4, -0.2) is 23.0 Å². The van der Waals surface area contributed by atoms with Crippen molar-refractivity contribution >= 4 is 28.5 Å². The van der Waals surface area contributed by atoms with E-state index in [0.29, 0.717) is 5.17 Å². The Kier molecular flexibility index (Phi) is 2.87. The lowest BCUT2D eigenvalue weighted by Crippen LogP contribution is -2.43. The molecule has 0 aliphatic carbocycles. The number of para-hydroxylation sites is 1. The topological polar surface area (TPSA) is 53.5 Å². The van der Waals surface area contributed by atoms with Gasteiger partial charge in [-0.15, -0.1) is 0 Å². The van der Waals surface area contributed by atoms with Crippen molar-refractivity contribution in [1.29, 1.82) is 0 Å². The monoisotopic (exact) mass is 235 g/mol. The van der Waals surface area contributed by atoms with Gasteiger partial charge in [0.15, 0.2) is 5.17 Å². The van der Waals surface area contributed by atoms with E-state index >= 15 is 0 Å². The van der Waals surface area contributed by atoms with Crippen molar-refractivity contribution in [2.75, 3.05) is 11.6 Å². The molecule has 1 aromatic carbocycles. The fraction of sp³-hybridized carbons (Fsp3) is 0.273. The van der Waals surface area contributed by atoms with Gasteiger partial charge in [0.2, 0.25) is 5.66 Å². The number of carbonyl (C=O) groups is 1. The molecule has 0 saturated carbocycles. The maximum Gasteiger partial charge on any atom is 0.274 e. The maximum atomic E-state index is 11.8. The average molecular weight is 235 g/mol. The van der Waals surface area contributed by atoms with Crippen molar-refractivity contribution in [3.8, 4) is 0 Å². The number of rotatable bonds is 2. The SMILES string of the molecule is CSC1=N[C@@](C)(Nc2ccccc2)C(=O)N1. The molecule has 0 aromatic heterocycles. The van der Waals surface area contributed by atoms with Crippen LogP contribution in [0.25, 0.3) is 0 Å². The number of nitrogens with zero attached hydrogens (tertiary/aromatic N) is 1. The molecule has 5 heteroatoms. The van der Waals surface area contributed by atoms with Crippen molar-refractivity contribution in [3.05, 3.63) is 30.3 Å². The summed E-state index contributed by atoms with van der Waals surface area (Å²) < 4.78 is 0. The predicted molar refractivity (Wildman–Crippen MR) is 67.6 cm³/mol. The summed E-state index contributed by atoms with van der Waals surface area (Å²) in [5.74, 6) is -0.124. The van der Waals surface area contributed by atoms with Crippen LogP contribution in [0, 0.1) is 0 Å². The summed E-state index contributed by atoms with van der Waals surface area (Å²) in [4.78, 5) is 16.1. The molecule has 2 N–H and O–H groups in total. The second kappa shape index (κ2) is 4.17. The first kappa shape index (κ1) is 11.0. The van der Waals surface area contributed by atoms with E-state index in [1.807, 2.05) is 36.6 Å². The van der Waals surface area contributed by atoms with Crippen LogP contribution in [0.1, 0.15) is 6.92 Å². The first-order chi connectivity index (χ1) is 7.64. The summed E-state index contributed by atoms with van der Waals surface area (Å²) in [5, 5.41) is 6.49. The molecule has 0 radical (unpaired) electrons. The summed E-state index contributed by atoms with van der Waals surface area (Å²) in [6.07, 6.45) is 1.88. The van der Waals surface area contributed by atoms with Gasteiger partial charge in [0.25, 0.3) is 5.91 Å². The molecule has 0 unspecified atom stereocenters. The molecule has 0 fully saturated rings. The van der Waals surface area contributed by atoms with Gasteiger partial charge in [0, 0.05) is 5.69 Å². The Morgan fingerprint density at radius 1 is 1.38 bits per heavy atom. The fourth-order valence-corrected chi connectivity index (χ4v) is 1.95. The van der Waals surface area contributed by atoms with E-state index in [2.05, 4.69) is 15.6 Å². The first-order valence-electron chi connectivity index (χ1n) is 4.92. The normalized spacial score (nSPS) is 23.9. The Balaban J connectivity index is 2.21. The highest BCUT2D eigenvalue weighted by Crippen LogP contribution is 2.22. The Morgan fingerprint density at radius 3 is 2.62 bits per heavy atom. The second-order valence-electron chi connectivity index (χ2n) is 3.64. The highest BCUT2D eigenvalue weighted by molar-refractivity contribution is 8.13. The molecule has 1 heterocycles. The van der Waals surface area contributed by atoms with Gasteiger partial charge in [-0.2, -0.15) is 0 Å². The van der Waals surface area contributed by atoms with Gasteiger partial charge in [-0.3, -0.25) is 4.79 Å². The first-order valence-corrected chi connectivity index (χ1v) is 6.15. The summed E-state index contributed by atoms with van der Waals surface area (Å²) in [6, 6.07) is 9.57. The van der Waals surface area contributed by atoms with Crippen LogP contribution in [0.5, 0.6) is 0 Å². The lowest BCUT2D eigenvalue weighted by Gasteiger charge is -2.20. The van der Waals surface area contributed by atoms with Gasteiger partial charge >= 0.3 is 0 Å².